The topological polar surface area (TPSA) is 50.4 Å². The van der Waals surface area contributed by atoms with Crippen molar-refractivity contribution in [3.8, 4) is 0 Å². The molecule has 2 N–H and O–H groups in total. The summed E-state index contributed by atoms with van der Waals surface area (Å²) >= 11 is 0. The van der Waals surface area contributed by atoms with Crippen molar-refractivity contribution in [2.24, 2.45) is 0 Å². The third-order valence-corrected chi connectivity index (χ3v) is 2.12. The molecule has 0 aromatic heterocycles. The average Bonchev–Trinajstić information content (AvgIpc) is 2.35. The zero-order chi connectivity index (χ0) is 7.14. The molecule has 2 aliphatic rings. The minimum Gasteiger partial charge on any atom is -0.443 e. The minimum absolute atomic E-state index is 0.0579. The van der Waals surface area contributed by atoms with E-state index in [4.69, 9.17) is 4.74 Å². The van der Waals surface area contributed by atoms with E-state index >= 15 is 0 Å². The van der Waals surface area contributed by atoms with Gasteiger partial charge in [-0.1, -0.05) is 0 Å². The maximum absolute atomic E-state index is 10.6. The first kappa shape index (κ1) is 5.97. The van der Waals surface area contributed by atoms with Gasteiger partial charge in [-0.3, -0.25) is 0 Å². The summed E-state index contributed by atoms with van der Waals surface area (Å²) in [6, 6.07) is 0.531. The van der Waals surface area contributed by atoms with Crippen LogP contribution in [0.25, 0.3) is 0 Å². The van der Waals surface area contributed by atoms with Gasteiger partial charge in [-0.2, -0.15) is 0 Å². The Morgan fingerprint density at radius 2 is 2.50 bits per heavy atom. The first-order valence-electron chi connectivity index (χ1n) is 3.48. The highest BCUT2D eigenvalue weighted by atomic mass is 16.6. The molecule has 0 radical (unpaired) electrons. The predicted molar refractivity (Wildman–Crippen MR) is 34.7 cm³/mol. The number of rotatable bonds is 0. The van der Waals surface area contributed by atoms with Crippen LogP contribution >= 0.6 is 0 Å². The molecule has 2 rings (SSSR count). The van der Waals surface area contributed by atoms with Gasteiger partial charge < -0.3 is 15.4 Å². The Hall–Kier alpha value is -0.770. The highest BCUT2D eigenvalue weighted by Crippen LogP contribution is 2.16. The van der Waals surface area contributed by atoms with Gasteiger partial charge in [0.1, 0.15) is 6.10 Å². The molecule has 1 unspecified atom stereocenters. The summed E-state index contributed by atoms with van der Waals surface area (Å²) in [6.07, 6.45) is -0.217. The van der Waals surface area contributed by atoms with Gasteiger partial charge in [-0.15, -0.1) is 0 Å². The molecule has 0 aliphatic carbocycles. The van der Waals surface area contributed by atoms with Crippen LogP contribution in [0.3, 0.4) is 0 Å². The van der Waals surface area contributed by atoms with E-state index in [9.17, 15) is 4.79 Å². The first-order chi connectivity index (χ1) is 4.77. The monoisotopic (exact) mass is 142 g/mol. The van der Waals surface area contributed by atoms with E-state index < -0.39 is 0 Å². The van der Waals surface area contributed by atoms with Gasteiger partial charge in [-0.05, 0) is 6.92 Å². The first-order valence-corrected chi connectivity index (χ1v) is 3.48. The van der Waals surface area contributed by atoms with Crippen molar-refractivity contribution in [3.63, 3.8) is 0 Å². The van der Waals surface area contributed by atoms with E-state index in [1.165, 1.54) is 0 Å². The molecule has 2 aliphatic heterocycles. The van der Waals surface area contributed by atoms with Crippen LogP contribution in [-0.2, 0) is 4.74 Å². The van der Waals surface area contributed by atoms with Gasteiger partial charge >= 0.3 is 6.09 Å². The average molecular weight is 142 g/mol. The van der Waals surface area contributed by atoms with Crippen molar-refractivity contribution >= 4 is 6.09 Å². The summed E-state index contributed by atoms with van der Waals surface area (Å²) in [4.78, 5) is 10.6. The largest absolute Gasteiger partial charge is 0.443 e. The molecular formula is C6H10N2O2. The van der Waals surface area contributed by atoms with Crippen molar-refractivity contribution in [2.45, 2.75) is 25.1 Å². The van der Waals surface area contributed by atoms with Gasteiger partial charge in [0.2, 0.25) is 0 Å². The van der Waals surface area contributed by atoms with Crippen LogP contribution in [0.15, 0.2) is 0 Å². The van der Waals surface area contributed by atoms with Crippen molar-refractivity contribution in [2.75, 3.05) is 6.54 Å². The summed E-state index contributed by atoms with van der Waals surface area (Å²) in [5.74, 6) is 0. The van der Waals surface area contributed by atoms with Gasteiger partial charge in [0.15, 0.2) is 0 Å². The van der Waals surface area contributed by atoms with E-state index in [0.717, 1.165) is 6.54 Å². The highest BCUT2D eigenvalue weighted by Gasteiger charge is 2.42. The number of carbonyl (C=O) groups excluding carboxylic acids is 1. The fourth-order valence-corrected chi connectivity index (χ4v) is 1.52. The Balaban J connectivity index is 2.12. The predicted octanol–water partition coefficient (Wildman–Crippen LogP) is -0.545. The lowest BCUT2D eigenvalue weighted by atomic mass is 10.1. The van der Waals surface area contributed by atoms with Crippen LogP contribution in [0.4, 0.5) is 4.79 Å². The molecule has 2 saturated heterocycles. The number of nitrogens with one attached hydrogen (secondary N) is 2. The van der Waals surface area contributed by atoms with Crippen LogP contribution in [0.5, 0.6) is 0 Å². The molecule has 2 heterocycles. The molecule has 0 saturated carbocycles. The van der Waals surface area contributed by atoms with Crippen LogP contribution in [0, 0.1) is 0 Å². The second kappa shape index (κ2) is 1.85. The number of amides is 1. The summed E-state index contributed by atoms with van der Waals surface area (Å²) in [5, 5.41) is 5.94. The number of hydrogen-bond donors (Lipinski definition) is 2. The maximum atomic E-state index is 10.6. The van der Waals surface area contributed by atoms with Crippen molar-refractivity contribution in [1.29, 1.82) is 0 Å². The van der Waals surface area contributed by atoms with E-state index in [1.807, 2.05) is 6.92 Å². The Kier molecular flexibility index (Phi) is 1.11. The summed E-state index contributed by atoms with van der Waals surface area (Å²) in [5.41, 5.74) is 0. The molecule has 1 amide bonds. The number of hydrogen-bond acceptors (Lipinski definition) is 3. The number of carbonyl (C=O) groups is 1. The lowest BCUT2D eigenvalue weighted by Crippen LogP contribution is -2.38. The standard InChI is InChI=1S/C6H10N2O2/c1-3-5-4(2-7-3)10-6(9)8-5/h3-5,7H,2H2,1H3,(H,8,9)/t3?,4-,5-/m1/s1. The molecule has 0 aromatic rings. The third kappa shape index (κ3) is 0.686. The van der Waals surface area contributed by atoms with Gasteiger partial charge in [0, 0.05) is 12.6 Å². The summed E-state index contributed by atoms with van der Waals surface area (Å²) in [7, 11) is 0. The second-order valence-electron chi connectivity index (χ2n) is 2.81. The molecule has 4 nitrogen and oxygen atoms in total. The molecule has 2 fully saturated rings. The molecular weight excluding hydrogens is 132 g/mol. The Morgan fingerprint density at radius 3 is 3.20 bits per heavy atom. The molecule has 0 bridgehead atoms. The molecule has 3 atom stereocenters. The second-order valence-corrected chi connectivity index (χ2v) is 2.81. The summed E-state index contributed by atoms with van der Waals surface area (Å²) < 4.78 is 4.94. The van der Waals surface area contributed by atoms with Gasteiger partial charge in [0.25, 0.3) is 0 Å². The van der Waals surface area contributed by atoms with Crippen LogP contribution in [0.1, 0.15) is 6.92 Å². The van der Waals surface area contributed by atoms with Gasteiger partial charge in [0.05, 0.1) is 6.04 Å². The smallest absolute Gasteiger partial charge is 0.407 e. The van der Waals surface area contributed by atoms with Crippen LogP contribution in [-0.4, -0.2) is 30.8 Å². The van der Waals surface area contributed by atoms with Gasteiger partial charge in [-0.25, -0.2) is 4.79 Å². The zero-order valence-electron chi connectivity index (χ0n) is 5.76. The molecule has 4 heteroatoms. The number of alkyl carbamates (subject to hydrolysis) is 1. The molecule has 0 aromatic carbocycles. The fourth-order valence-electron chi connectivity index (χ4n) is 1.52. The van der Waals surface area contributed by atoms with Crippen molar-refractivity contribution in [1.82, 2.24) is 10.6 Å². The van der Waals surface area contributed by atoms with Crippen molar-refractivity contribution in [3.05, 3.63) is 0 Å². The van der Waals surface area contributed by atoms with Crippen molar-refractivity contribution < 1.29 is 9.53 Å². The Bertz CT molecular complexity index is 171. The fraction of sp³-hybridized carbons (Fsp3) is 0.833. The lowest BCUT2D eigenvalue weighted by molar-refractivity contribution is 0.142. The quantitative estimate of drug-likeness (QED) is 0.477. The number of ether oxygens (including phenoxy) is 1. The minimum atomic E-state index is -0.275. The lowest BCUT2D eigenvalue weighted by Gasteiger charge is -2.08. The van der Waals surface area contributed by atoms with Crippen LogP contribution in [0.2, 0.25) is 0 Å². The number of fused-ring (bicyclic) bond motifs is 1. The zero-order valence-corrected chi connectivity index (χ0v) is 5.76. The van der Waals surface area contributed by atoms with E-state index in [0.29, 0.717) is 6.04 Å². The normalized spacial score (nSPS) is 44.5. The third-order valence-electron chi connectivity index (χ3n) is 2.12. The molecule has 10 heavy (non-hydrogen) atoms. The molecule has 0 spiro atoms. The maximum Gasteiger partial charge on any atom is 0.407 e. The SMILES string of the molecule is CC1NC[C@H]2OC(=O)N[C@H]12. The Labute approximate surface area is 58.9 Å². The van der Waals surface area contributed by atoms with E-state index in [-0.39, 0.29) is 18.2 Å². The summed E-state index contributed by atoms with van der Waals surface area (Å²) in [6.45, 7) is 2.82. The Morgan fingerprint density at radius 1 is 1.70 bits per heavy atom. The van der Waals surface area contributed by atoms with E-state index in [2.05, 4.69) is 10.6 Å². The highest BCUT2D eigenvalue weighted by molar-refractivity contribution is 5.70. The molecule has 56 valence electrons. The van der Waals surface area contributed by atoms with Crippen LogP contribution < -0.4 is 10.6 Å². The van der Waals surface area contributed by atoms with E-state index in [1.54, 1.807) is 0 Å².